The van der Waals surface area contributed by atoms with E-state index in [1.54, 1.807) is 19.3 Å². The lowest BCUT2D eigenvalue weighted by Crippen LogP contribution is -2.04. The molecule has 0 atom stereocenters. The van der Waals surface area contributed by atoms with Gasteiger partial charge in [0.15, 0.2) is 0 Å². The second kappa shape index (κ2) is 4.03. The van der Waals surface area contributed by atoms with Gasteiger partial charge in [0.2, 0.25) is 0 Å². The van der Waals surface area contributed by atoms with E-state index in [0.29, 0.717) is 22.4 Å². The molecule has 0 fully saturated rings. The van der Waals surface area contributed by atoms with Crippen molar-refractivity contribution in [1.29, 1.82) is 0 Å². The summed E-state index contributed by atoms with van der Waals surface area (Å²) in [5.74, 6) is 0.487. The van der Waals surface area contributed by atoms with Crippen LogP contribution in [0.1, 0.15) is 5.56 Å². The lowest BCUT2D eigenvalue weighted by atomic mass is 10.1. The molecule has 7 heteroatoms. The van der Waals surface area contributed by atoms with Crippen molar-refractivity contribution in [3.05, 3.63) is 36.0 Å². The number of alkyl halides is 3. The Labute approximate surface area is 112 Å². The third-order valence-electron chi connectivity index (χ3n) is 3.20. The molecule has 20 heavy (non-hydrogen) atoms. The Bertz CT molecular complexity index is 763. The minimum atomic E-state index is -4.35. The van der Waals surface area contributed by atoms with E-state index < -0.39 is 11.7 Å². The third-order valence-corrected chi connectivity index (χ3v) is 3.20. The highest BCUT2D eigenvalue weighted by atomic mass is 19.4. The Morgan fingerprint density at radius 3 is 2.60 bits per heavy atom. The molecule has 0 saturated heterocycles. The number of anilines is 1. The predicted molar refractivity (Wildman–Crippen MR) is 69.9 cm³/mol. The van der Waals surface area contributed by atoms with Crippen molar-refractivity contribution >= 4 is 16.7 Å². The molecule has 104 valence electrons. The number of H-pyrrole nitrogens is 1. The van der Waals surface area contributed by atoms with Crippen LogP contribution in [-0.2, 0) is 13.2 Å². The normalized spacial score (nSPS) is 12.2. The minimum Gasteiger partial charge on any atom is -0.384 e. The molecule has 0 aliphatic heterocycles. The number of aromatic amines is 1. The molecule has 3 aromatic rings. The third kappa shape index (κ3) is 1.91. The highest BCUT2D eigenvalue weighted by molar-refractivity contribution is 5.95. The molecule has 0 aliphatic carbocycles. The number of hydrogen-bond donors (Lipinski definition) is 2. The fourth-order valence-electron chi connectivity index (χ4n) is 2.13. The van der Waals surface area contributed by atoms with Crippen molar-refractivity contribution in [3.63, 3.8) is 0 Å². The van der Waals surface area contributed by atoms with Crippen LogP contribution in [0.4, 0.5) is 19.0 Å². The lowest BCUT2D eigenvalue weighted by Gasteiger charge is -2.06. The van der Waals surface area contributed by atoms with Crippen LogP contribution < -0.4 is 5.73 Å². The molecule has 0 bridgehead atoms. The van der Waals surface area contributed by atoms with E-state index in [2.05, 4.69) is 10.1 Å². The topological polar surface area (TPSA) is 59.6 Å². The Morgan fingerprint density at radius 2 is 2.00 bits per heavy atom. The Morgan fingerprint density at radius 1 is 1.25 bits per heavy atom. The molecule has 4 nitrogen and oxygen atoms in total. The summed E-state index contributed by atoms with van der Waals surface area (Å²) in [5, 5.41) is 4.90. The summed E-state index contributed by atoms with van der Waals surface area (Å²) in [5.41, 5.74) is 6.79. The summed E-state index contributed by atoms with van der Waals surface area (Å²) in [6, 6.07) is 5.27. The fourth-order valence-corrected chi connectivity index (χ4v) is 2.13. The van der Waals surface area contributed by atoms with E-state index in [4.69, 9.17) is 5.73 Å². The predicted octanol–water partition coefficient (Wildman–Crippen LogP) is 3.17. The molecule has 2 heterocycles. The number of benzene rings is 1. The summed E-state index contributed by atoms with van der Waals surface area (Å²) >= 11 is 0. The van der Waals surface area contributed by atoms with E-state index in [1.165, 1.54) is 10.7 Å². The van der Waals surface area contributed by atoms with Gasteiger partial charge in [0, 0.05) is 35.8 Å². The van der Waals surface area contributed by atoms with Crippen molar-refractivity contribution in [3.8, 4) is 11.3 Å². The number of halogens is 3. The highest BCUT2D eigenvalue weighted by Crippen LogP contribution is 2.34. The van der Waals surface area contributed by atoms with Gasteiger partial charge in [-0.05, 0) is 12.1 Å². The zero-order valence-electron chi connectivity index (χ0n) is 10.5. The first-order valence-corrected chi connectivity index (χ1v) is 5.84. The first-order valence-electron chi connectivity index (χ1n) is 5.84. The van der Waals surface area contributed by atoms with E-state index >= 15 is 0 Å². The van der Waals surface area contributed by atoms with Gasteiger partial charge in [0.05, 0.1) is 11.3 Å². The quantitative estimate of drug-likeness (QED) is 0.719. The summed E-state index contributed by atoms with van der Waals surface area (Å²) < 4.78 is 39.5. The van der Waals surface area contributed by atoms with Gasteiger partial charge >= 0.3 is 6.18 Å². The van der Waals surface area contributed by atoms with Gasteiger partial charge < -0.3 is 10.7 Å². The number of aryl methyl sites for hydroxylation is 1. The monoisotopic (exact) mass is 280 g/mol. The average Bonchev–Trinajstić information content (AvgIpc) is 2.92. The maximum absolute atomic E-state index is 12.7. The molecule has 1 aromatic carbocycles. The Kier molecular flexibility index (Phi) is 2.53. The molecule has 0 radical (unpaired) electrons. The van der Waals surface area contributed by atoms with Crippen molar-refractivity contribution in [2.24, 2.45) is 7.05 Å². The van der Waals surface area contributed by atoms with Crippen LogP contribution in [0.5, 0.6) is 0 Å². The summed E-state index contributed by atoms with van der Waals surface area (Å²) in [4.78, 5) is 2.84. The number of nitrogen functional groups attached to an aromatic ring is 1. The van der Waals surface area contributed by atoms with E-state index in [1.807, 2.05) is 0 Å². The molecule has 2 aromatic heterocycles. The van der Waals surface area contributed by atoms with Gasteiger partial charge in [0.25, 0.3) is 0 Å². The summed E-state index contributed by atoms with van der Waals surface area (Å²) in [7, 11) is 1.70. The number of rotatable bonds is 1. The van der Waals surface area contributed by atoms with Crippen LogP contribution in [0.2, 0.25) is 0 Å². The largest absolute Gasteiger partial charge is 0.416 e. The van der Waals surface area contributed by atoms with Gasteiger partial charge in [-0.2, -0.15) is 18.3 Å². The smallest absolute Gasteiger partial charge is 0.384 e. The first kappa shape index (κ1) is 12.6. The van der Waals surface area contributed by atoms with Crippen molar-refractivity contribution < 1.29 is 13.2 Å². The highest BCUT2D eigenvalue weighted by Gasteiger charge is 2.30. The molecular weight excluding hydrogens is 269 g/mol. The molecule has 0 amide bonds. The maximum Gasteiger partial charge on any atom is 0.416 e. The number of nitrogens with zero attached hydrogens (tertiary/aromatic N) is 2. The second-order valence-corrected chi connectivity index (χ2v) is 4.54. The van der Waals surface area contributed by atoms with E-state index in [0.717, 1.165) is 17.7 Å². The molecule has 3 rings (SSSR count). The van der Waals surface area contributed by atoms with Crippen LogP contribution in [0.3, 0.4) is 0 Å². The van der Waals surface area contributed by atoms with Gasteiger partial charge in [0.1, 0.15) is 5.82 Å². The Balaban J connectivity index is 2.15. The minimum absolute atomic E-state index is 0.416. The van der Waals surface area contributed by atoms with Crippen LogP contribution in [0, 0.1) is 0 Å². The number of nitrogens with two attached hydrogens (primary N) is 1. The molecule has 0 aliphatic rings. The van der Waals surface area contributed by atoms with Crippen molar-refractivity contribution in [2.45, 2.75) is 6.18 Å². The zero-order valence-corrected chi connectivity index (χ0v) is 10.5. The first-order chi connectivity index (χ1) is 9.36. The SMILES string of the molecule is Cn1nc(-c2c[nH]c3cc(C(F)(F)F)ccc23)cc1N. The average molecular weight is 280 g/mol. The van der Waals surface area contributed by atoms with Crippen LogP contribution in [0.25, 0.3) is 22.2 Å². The summed E-state index contributed by atoms with van der Waals surface area (Å²) in [6.07, 6.45) is -2.72. The van der Waals surface area contributed by atoms with Gasteiger partial charge in [-0.25, -0.2) is 0 Å². The fraction of sp³-hybridized carbons (Fsp3) is 0.154. The maximum atomic E-state index is 12.7. The van der Waals surface area contributed by atoms with Crippen LogP contribution in [-0.4, -0.2) is 14.8 Å². The molecule has 0 spiro atoms. The Hall–Kier alpha value is -2.44. The summed E-state index contributed by atoms with van der Waals surface area (Å²) in [6.45, 7) is 0. The number of fused-ring (bicyclic) bond motifs is 1. The van der Waals surface area contributed by atoms with E-state index in [-0.39, 0.29) is 0 Å². The van der Waals surface area contributed by atoms with Crippen LogP contribution in [0.15, 0.2) is 30.5 Å². The molecular formula is C13H11F3N4. The van der Waals surface area contributed by atoms with E-state index in [9.17, 15) is 13.2 Å². The number of hydrogen-bond acceptors (Lipinski definition) is 2. The lowest BCUT2D eigenvalue weighted by molar-refractivity contribution is -0.137. The number of aromatic nitrogens is 3. The van der Waals surface area contributed by atoms with Crippen LogP contribution >= 0.6 is 0 Å². The second-order valence-electron chi connectivity index (χ2n) is 4.54. The van der Waals surface area contributed by atoms with Gasteiger partial charge in [-0.15, -0.1) is 0 Å². The number of nitrogens with one attached hydrogen (secondary N) is 1. The van der Waals surface area contributed by atoms with Crippen molar-refractivity contribution in [1.82, 2.24) is 14.8 Å². The van der Waals surface area contributed by atoms with Gasteiger partial charge in [-0.1, -0.05) is 6.07 Å². The molecule has 0 saturated carbocycles. The molecule has 0 unspecified atom stereocenters. The molecule has 3 N–H and O–H groups in total. The van der Waals surface area contributed by atoms with Gasteiger partial charge in [-0.3, -0.25) is 4.68 Å². The van der Waals surface area contributed by atoms with Crippen molar-refractivity contribution in [2.75, 3.05) is 5.73 Å². The zero-order chi connectivity index (χ0) is 14.5. The standard InChI is InChI=1S/C13H11F3N4/c1-20-12(17)5-11(19-20)9-6-18-10-4-7(13(14,15)16)2-3-8(9)10/h2-6,18H,17H2,1H3.